The Morgan fingerprint density at radius 2 is 1.72 bits per heavy atom. The van der Waals surface area contributed by atoms with Crippen molar-refractivity contribution >= 4 is 23.1 Å². The van der Waals surface area contributed by atoms with Gasteiger partial charge in [-0.1, -0.05) is 0 Å². The number of nitrogens with zero attached hydrogens (tertiary/aromatic N) is 4. The van der Waals surface area contributed by atoms with E-state index in [0.29, 0.717) is 5.95 Å². The molecule has 0 radical (unpaired) electrons. The van der Waals surface area contributed by atoms with E-state index in [4.69, 9.17) is 0 Å². The van der Waals surface area contributed by atoms with E-state index < -0.39 is 0 Å². The highest BCUT2D eigenvalue weighted by molar-refractivity contribution is 5.61. The molecule has 0 amide bonds. The first-order chi connectivity index (χ1) is 12.1. The number of hydrogen-bond donors (Lipinski definition) is 2. The van der Waals surface area contributed by atoms with Crippen molar-refractivity contribution in [3.05, 3.63) is 36.5 Å². The van der Waals surface area contributed by atoms with Gasteiger partial charge in [-0.2, -0.15) is 4.98 Å². The van der Waals surface area contributed by atoms with Crippen LogP contribution in [0.15, 0.2) is 36.5 Å². The zero-order valence-electron chi connectivity index (χ0n) is 15.8. The minimum Gasteiger partial charge on any atom is -0.372 e. The van der Waals surface area contributed by atoms with Crippen LogP contribution in [0.1, 0.15) is 20.3 Å². The number of rotatable bonds is 10. The van der Waals surface area contributed by atoms with Gasteiger partial charge in [-0.15, -0.1) is 0 Å². The van der Waals surface area contributed by atoms with Crippen LogP contribution >= 0.6 is 0 Å². The highest BCUT2D eigenvalue weighted by Crippen LogP contribution is 2.20. The monoisotopic (exact) mass is 342 g/mol. The minimum absolute atomic E-state index is 0.656. The second kappa shape index (κ2) is 9.84. The Kier molecular flexibility index (Phi) is 7.47. The third-order valence-corrected chi connectivity index (χ3v) is 3.99. The second-order valence-corrected chi connectivity index (χ2v) is 6.19. The quantitative estimate of drug-likeness (QED) is 0.645. The van der Waals surface area contributed by atoms with Crippen molar-refractivity contribution in [3.8, 4) is 0 Å². The zero-order chi connectivity index (χ0) is 18.1. The van der Waals surface area contributed by atoms with E-state index in [9.17, 15) is 0 Å². The zero-order valence-corrected chi connectivity index (χ0v) is 15.8. The van der Waals surface area contributed by atoms with E-state index in [2.05, 4.69) is 82.6 Å². The van der Waals surface area contributed by atoms with Gasteiger partial charge in [0.2, 0.25) is 5.95 Å². The summed E-state index contributed by atoms with van der Waals surface area (Å²) in [5, 5.41) is 6.61. The molecule has 2 rings (SSSR count). The first kappa shape index (κ1) is 19.0. The molecule has 6 heteroatoms. The number of anilines is 4. The Labute approximate surface area is 151 Å². The molecule has 6 nitrogen and oxygen atoms in total. The smallest absolute Gasteiger partial charge is 0.224 e. The van der Waals surface area contributed by atoms with Crippen LogP contribution in [0.5, 0.6) is 0 Å². The van der Waals surface area contributed by atoms with Gasteiger partial charge in [-0.3, -0.25) is 0 Å². The molecule has 0 bridgehead atoms. The molecular weight excluding hydrogens is 312 g/mol. The lowest BCUT2D eigenvalue weighted by Crippen LogP contribution is -2.21. The Hall–Kier alpha value is -2.34. The Bertz CT molecular complexity index is 622. The topological polar surface area (TPSA) is 56.3 Å². The molecule has 1 aromatic heterocycles. The highest BCUT2D eigenvalue weighted by atomic mass is 15.1. The van der Waals surface area contributed by atoms with Gasteiger partial charge in [0.1, 0.15) is 5.82 Å². The lowest BCUT2D eigenvalue weighted by Gasteiger charge is -2.21. The van der Waals surface area contributed by atoms with Gasteiger partial charge >= 0.3 is 0 Å². The number of benzene rings is 1. The summed E-state index contributed by atoms with van der Waals surface area (Å²) in [6.45, 7) is 8.27. The van der Waals surface area contributed by atoms with Crippen molar-refractivity contribution in [2.24, 2.45) is 0 Å². The normalized spacial score (nSPS) is 10.8. The first-order valence-electron chi connectivity index (χ1n) is 8.96. The number of nitrogens with one attached hydrogen (secondary N) is 2. The van der Waals surface area contributed by atoms with E-state index in [0.717, 1.165) is 44.1 Å². The average molecular weight is 342 g/mol. The highest BCUT2D eigenvalue weighted by Gasteiger charge is 2.03. The summed E-state index contributed by atoms with van der Waals surface area (Å²) >= 11 is 0. The fourth-order valence-electron chi connectivity index (χ4n) is 2.60. The maximum Gasteiger partial charge on any atom is 0.224 e. The van der Waals surface area contributed by atoms with E-state index in [-0.39, 0.29) is 0 Å². The molecular formula is C19H30N6. The molecule has 0 spiro atoms. The fourth-order valence-corrected chi connectivity index (χ4v) is 2.60. The van der Waals surface area contributed by atoms with Gasteiger partial charge in [0, 0.05) is 37.2 Å². The van der Waals surface area contributed by atoms with Crippen LogP contribution in [0.2, 0.25) is 0 Å². The summed E-state index contributed by atoms with van der Waals surface area (Å²) in [6.07, 6.45) is 2.83. The molecule has 0 aliphatic carbocycles. The van der Waals surface area contributed by atoms with Gasteiger partial charge < -0.3 is 20.4 Å². The summed E-state index contributed by atoms with van der Waals surface area (Å²) in [5.41, 5.74) is 2.26. The molecule has 136 valence electrons. The van der Waals surface area contributed by atoms with Crippen molar-refractivity contribution < 1.29 is 0 Å². The third kappa shape index (κ3) is 6.23. The van der Waals surface area contributed by atoms with Crippen LogP contribution in [0.25, 0.3) is 0 Å². The number of aromatic nitrogens is 2. The van der Waals surface area contributed by atoms with Gasteiger partial charge in [0.05, 0.1) is 0 Å². The van der Waals surface area contributed by atoms with Crippen LogP contribution in [0.4, 0.5) is 23.1 Å². The molecule has 0 atom stereocenters. The lowest BCUT2D eigenvalue weighted by atomic mass is 10.2. The van der Waals surface area contributed by atoms with E-state index in [1.54, 1.807) is 6.20 Å². The summed E-state index contributed by atoms with van der Waals surface area (Å²) in [5.74, 6) is 1.45. The predicted molar refractivity (Wildman–Crippen MR) is 107 cm³/mol. The first-order valence-corrected chi connectivity index (χ1v) is 8.96. The van der Waals surface area contributed by atoms with Crippen LogP contribution in [0, 0.1) is 0 Å². The largest absolute Gasteiger partial charge is 0.372 e. The van der Waals surface area contributed by atoms with Crippen molar-refractivity contribution in [2.45, 2.75) is 20.3 Å². The maximum atomic E-state index is 4.52. The lowest BCUT2D eigenvalue weighted by molar-refractivity contribution is 0.405. The standard InChI is InChI=1S/C19H30N6/c1-5-25(6-2)17-10-8-16(9-11-17)22-18-12-14-21-19(23-18)20-13-7-15-24(3)4/h8-12,14H,5-7,13,15H2,1-4H3,(H2,20,21,22,23). The molecule has 2 aromatic rings. The average Bonchev–Trinajstić information content (AvgIpc) is 2.61. The Morgan fingerprint density at radius 3 is 2.36 bits per heavy atom. The van der Waals surface area contributed by atoms with Crippen molar-refractivity contribution in [2.75, 3.05) is 55.8 Å². The van der Waals surface area contributed by atoms with Gasteiger partial charge in [-0.05, 0) is 71.2 Å². The van der Waals surface area contributed by atoms with Gasteiger partial charge in [0.25, 0.3) is 0 Å². The molecule has 25 heavy (non-hydrogen) atoms. The van der Waals surface area contributed by atoms with Crippen LogP contribution in [-0.2, 0) is 0 Å². The van der Waals surface area contributed by atoms with E-state index in [1.165, 1.54) is 5.69 Å². The van der Waals surface area contributed by atoms with E-state index in [1.807, 2.05) is 6.07 Å². The molecule has 2 N–H and O–H groups in total. The van der Waals surface area contributed by atoms with Crippen molar-refractivity contribution in [1.29, 1.82) is 0 Å². The van der Waals surface area contributed by atoms with Crippen molar-refractivity contribution in [1.82, 2.24) is 14.9 Å². The minimum atomic E-state index is 0.656. The molecule has 1 aromatic carbocycles. The predicted octanol–water partition coefficient (Wildman–Crippen LogP) is 3.43. The molecule has 0 fully saturated rings. The summed E-state index contributed by atoms with van der Waals surface area (Å²) in [4.78, 5) is 13.3. The molecule has 1 heterocycles. The second-order valence-electron chi connectivity index (χ2n) is 6.19. The molecule has 0 saturated carbocycles. The van der Waals surface area contributed by atoms with Crippen LogP contribution < -0.4 is 15.5 Å². The van der Waals surface area contributed by atoms with Crippen LogP contribution in [0.3, 0.4) is 0 Å². The number of hydrogen-bond acceptors (Lipinski definition) is 6. The Morgan fingerprint density at radius 1 is 1.00 bits per heavy atom. The Balaban J connectivity index is 1.92. The SMILES string of the molecule is CCN(CC)c1ccc(Nc2ccnc(NCCCN(C)C)n2)cc1. The summed E-state index contributed by atoms with van der Waals surface area (Å²) < 4.78 is 0. The third-order valence-electron chi connectivity index (χ3n) is 3.99. The van der Waals surface area contributed by atoms with Crippen molar-refractivity contribution in [3.63, 3.8) is 0 Å². The fraction of sp³-hybridized carbons (Fsp3) is 0.474. The maximum absolute atomic E-state index is 4.52. The molecule has 0 unspecified atom stereocenters. The summed E-state index contributed by atoms with van der Waals surface area (Å²) in [6, 6.07) is 10.3. The molecule has 0 saturated heterocycles. The molecule has 0 aliphatic rings. The van der Waals surface area contributed by atoms with Gasteiger partial charge in [0.15, 0.2) is 0 Å². The molecule has 0 aliphatic heterocycles. The van der Waals surface area contributed by atoms with E-state index >= 15 is 0 Å². The van der Waals surface area contributed by atoms with Crippen LogP contribution in [-0.4, -0.2) is 55.1 Å². The van der Waals surface area contributed by atoms with Gasteiger partial charge in [-0.25, -0.2) is 4.98 Å². The summed E-state index contributed by atoms with van der Waals surface area (Å²) in [7, 11) is 4.15.